The maximum Gasteiger partial charge on any atom is 0.345 e. The number of allylic oxidation sites excluding steroid dienone is 2. The van der Waals surface area contributed by atoms with Crippen molar-refractivity contribution < 1.29 is 34.4 Å². The smallest absolute Gasteiger partial charge is 0.345 e. The number of carboxylic acids is 1. The number of hydrogen-bond acceptors (Lipinski definition) is 6. The van der Waals surface area contributed by atoms with Crippen LogP contribution in [0.4, 0.5) is 0 Å². The Morgan fingerprint density at radius 3 is 2.46 bits per heavy atom. The molecule has 5 atom stereocenters. The van der Waals surface area contributed by atoms with Crippen molar-refractivity contribution in [3.63, 3.8) is 0 Å². The zero-order valence-electron chi connectivity index (χ0n) is 17.1. The van der Waals surface area contributed by atoms with E-state index in [-0.39, 0.29) is 36.0 Å². The van der Waals surface area contributed by atoms with Gasteiger partial charge in [0.2, 0.25) is 0 Å². The first kappa shape index (κ1) is 23.9. The van der Waals surface area contributed by atoms with Gasteiger partial charge in [-0.05, 0) is 31.6 Å². The first-order valence-electron chi connectivity index (χ1n) is 9.82. The minimum Gasteiger partial charge on any atom is -0.511 e. The second-order valence-electron chi connectivity index (χ2n) is 7.71. The van der Waals surface area contributed by atoms with E-state index in [0.29, 0.717) is 19.3 Å². The van der Waals surface area contributed by atoms with Crippen LogP contribution in [0.15, 0.2) is 23.5 Å². The minimum absolute atomic E-state index is 0.0680. The van der Waals surface area contributed by atoms with Crippen LogP contribution in [0.2, 0.25) is 0 Å². The number of ether oxygens (including phenoxy) is 1. The van der Waals surface area contributed by atoms with Crippen molar-refractivity contribution >= 4 is 17.7 Å². The van der Waals surface area contributed by atoms with Crippen LogP contribution in [0, 0.1) is 17.8 Å². The summed E-state index contributed by atoms with van der Waals surface area (Å²) in [5.74, 6) is -3.51. The van der Waals surface area contributed by atoms with Gasteiger partial charge in [-0.25, -0.2) is 4.79 Å². The van der Waals surface area contributed by atoms with Gasteiger partial charge in [0.05, 0.1) is 6.10 Å². The Balaban J connectivity index is 2.62. The lowest BCUT2D eigenvalue weighted by Gasteiger charge is -2.22. The maximum atomic E-state index is 11.9. The highest BCUT2D eigenvalue weighted by atomic mass is 16.5. The van der Waals surface area contributed by atoms with E-state index in [2.05, 4.69) is 0 Å². The number of hydrogen-bond donors (Lipinski definition) is 3. The molecule has 0 radical (unpaired) electrons. The molecular weight excluding hydrogens is 364 g/mol. The van der Waals surface area contributed by atoms with Gasteiger partial charge in [0.25, 0.3) is 0 Å². The number of aliphatic hydroxyl groups is 2. The monoisotopic (exact) mass is 396 g/mol. The zero-order chi connectivity index (χ0) is 21.4. The molecule has 0 aromatic heterocycles. The molecule has 0 aromatic rings. The van der Waals surface area contributed by atoms with Crippen LogP contribution in [0.3, 0.4) is 0 Å². The highest BCUT2D eigenvalue weighted by molar-refractivity contribution is 6.19. The highest BCUT2D eigenvalue weighted by Gasteiger charge is 2.32. The van der Waals surface area contributed by atoms with Gasteiger partial charge in [0.1, 0.15) is 23.4 Å². The van der Waals surface area contributed by atoms with Crippen LogP contribution >= 0.6 is 0 Å². The van der Waals surface area contributed by atoms with Crippen molar-refractivity contribution in [3.05, 3.63) is 23.5 Å². The molecule has 0 aliphatic carbocycles. The second kappa shape index (κ2) is 11.0. The average Bonchev–Trinajstić information content (AvgIpc) is 2.61. The topological polar surface area (TPSA) is 121 Å². The first-order valence-corrected chi connectivity index (χ1v) is 9.82. The predicted molar refractivity (Wildman–Crippen MR) is 104 cm³/mol. The van der Waals surface area contributed by atoms with Crippen molar-refractivity contribution in [1.82, 2.24) is 0 Å². The van der Waals surface area contributed by atoms with Gasteiger partial charge in [-0.15, -0.1) is 0 Å². The normalized spacial score (nSPS) is 23.8. The number of ketones is 1. The van der Waals surface area contributed by atoms with E-state index in [1.54, 1.807) is 13.0 Å². The Morgan fingerprint density at radius 1 is 1.29 bits per heavy atom. The molecule has 0 unspecified atom stereocenters. The predicted octanol–water partition coefficient (Wildman–Crippen LogP) is 3.17. The fourth-order valence-corrected chi connectivity index (χ4v) is 3.06. The van der Waals surface area contributed by atoms with Gasteiger partial charge >= 0.3 is 11.9 Å². The molecule has 1 fully saturated rings. The Hall–Kier alpha value is -2.15. The summed E-state index contributed by atoms with van der Waals surface area (Å²) in [6.07, 6.45) is 3.79. The van der Waals surface area contributed by atoms with Gasteiger partial charge in [-0.2, -0.15) is 0 Å². The molecule has 1 saturated heterocycles. The number of Topliss-reactive ketones (excluding diaryl/α,β-unsaturated/α-hetero) is 1. The lowest BCUT2D eigenvalue weighted by Crippen LogP contribution is -2.31. The van der Waals surface area contributed by atoms with Gasteiger partial charge in [0, 0.05) is 12.8 Å². The summed E-state index contributed by atoms with van der Waals surface area (Å²) in [7, 11) is 0. The Bertz CT molecular complexity index is 615. The number of carbonyl (C=O) groups is 3. The Morgan fingerprint density at radius 2 is 1.93 bits per heavy atom. The van der Waals surface area contributed by atoms with E-state index in [9.17, 15) is 29.7 Å². The van der Waals surface area contributed by atoms with Gasteiger partial charge < -0.3 is 20.1 Å². The van der Waals surface area contributed by atoms with Crippen LogP contribution in [0.25, 0.3) is 0 Å². The Kier molecular flexibility index (Phi) is 9.38. The van der Waals surface area contributed by atoms with E-state index in [4.69, 9.17) is 4.74 Å². The van der Waals surface area contributed by atoms with Crippen molar-refractivity contribution in [2.24, 2.45) is 17.8 Å². The van der Waals surface area contributed by atoms with Crippen LogP contribution < -0.4 is 0 Å². The third-order valence-corrected chi connectivity index (χ3v) is 5.19. The van der Waals surface area contributed by atoms with E-state index < -0.39 is 35.8 Å². The molecule has 1 aliphatic rings. The van der Waals surface area contributed by atoms with Gasteiger partial charge in [-0.3, -0.25) is 9.59 Å². The molecular formula is C21H32O7. The maximum absolute atomic E-state index is 11.9. The second-order valence-corrected chi connectivity index (χ2v) is 7.71. The lowest BCUT2D eigenvalue weighted by molar-refractivity contribution is -0.150. The largest absolute Gasteiger partial charge is 0.511 e. The number of carboxylic acid groups (broad SMARTS) is 1. The molecule has 0 amide bonds. The molecule has 0 saturated carbocycles. The van der Waals surface area contributed by atoms with Gasteiger partial charge in [-0.1, -0.05) is 39.3 Å². The summed E-state index contributed by atoms with van der Waals surface area (Å²) in [4.78, 5) is 35.1. The molecule has 28 heavy (non-hydrogen) atoms. The van der Waals surface area contributed by atoms with Crippen molar-refractivity contribution in [2.45, 2.75) is 72.0 Å². The fraction of sp³-hybridized carbons (Fsp3) is 0.667. The third kappa shape index (κ3) is 6.78. The van der Waals surface area contributed by atoms with Gasteiger partial charge in [0.15, 0.2) is 5.78 Å². The molecule has 7 heteroatoms. The summed E-state index contributed by atoms with van der Waals surface area (Å²) in [5.41, 5.74) is -0.261. The third-order valence-electron chi connectivity index (χ3n) is 5.19. The number of aliphatic carboxylic acids is 1. The number of cyclic esters (lactones) is 1. The molecule has 1 aliphatic heterocycles. The van der Waals surface area contributed by atoms with Crippen molar-refractivity contribution in [2.75, 3.05) is 0 Å². The Labute approximate surface area is 166 Å². The molecule has 1 heterocycles. The highest BCUT2D eigenvalue weighted by Crippen LogP contribution is 2.23. The molecule has 158 valence electrons. The molecule has 0 spiro atoms. The quantitative estimate of drug-likeness (QED) is 0.170. The molecule has 0 aromatic carbocycles. The SMILES string of the molecule is CC[C@H](C)[C@@H](O)[C@@H](/C=C/C[C@H](C)CCC(O)=C1C(=O)C[C@@H](C)OC1=O)C(=O)O. The van der Waals surface area contributed by atoms with E-state index in [1.165, 1.54) is 6.08 Å². The minimum atomic E-state index is -1.07. The average molecular weight is 396 g/mol. The van der Waals surface area contributed by atoms with E-state index >= 15 is 0 Å². The lowest BCUT2D eigenvalue weighted by atomic mass is 9.89. The van der Waals surface area contributed by atoms with E-state index in [1.807, 2.05) is 20.8 Å². The number of esters is 1. The fourth-order valence-electron chi connectivity index (χ4n) is 3.06. The number of carbonyl (C=O) groups excluding carboxylic acids is 2. The molecule has 1 rings (SSSR count). The summed E-state index contributed by atoms with van der Waals surface area (Å²) >= 11 is 0. The zero-order valence-corrected chi connectivity index (χ0v) is 17.1. The van der Waals surface area contributed by atoms with Crippen molar-refractivity contribution in [3.8, 4) is 0 Å². The van der Waals surface area contributed by atoms with Crippen LogP contribution in [0.5, 0.6) is 0 Å². The summed E-state index contributed by atoms with van der Waals surface area (Å²) in [5, 5.41) is 29.6. The number of rotatable bonds is 10. The van der Waals surface area contributed by atoms with E-state index in [0.717, 1.165) is 0 Å². The van der Waals surface area contributed by atoms with Crippen LogP contribution in [-0.2, 0) is 19.1 Å². The molecule has 7 nitrogen and oxygen atoms in total. The van der Waals surface area contributed by atoms with Crippen molar-refractivity contribution in [1.29, 1.82) is 0 Å². The standard InChI is InChI=1S/C21H32O7/c1-5-13(3)19(24)15(20(25)26)8-6-7-12(2)9-10-16(22)18-17(23)11-14(4)28-21(18)27/h6,8,12-15,19,22,24H,5,7,9-11H2,1-4H3,(H,25,26)/b8-6+,18-16?/t12-,13-,14+,15+,19+/m0/s1. The summed E-state index contributed by atoms with van der Waals surface area (Å²) in [6.45, 7) is 7.26. The first-order chi connectivity index (χ1) is 13.1. The summed E-state index contributed by atoms with van der Waals surface area (Å²) < 4.78 is 4.99. The molecule has 3 N–H and O–H groups in total. The number of aliphatic hydroxyl groups excluding tert-OH is 2. The van der Waals surface area contributed by atoms with Crippen LogP contribution in [-0.4, -0.2) is 45.2 Å². The molecule has 0 bridgehead atoms. The summed E-state index contributed by atoms with van der Waals surface area (Å²) in [6, 6.07) is 0. The van der Waals surface area contributed by atoms with Crippen LogP contribution in [0.1, 0.15) is 59.8 Å².